The van der Waals surface area contributed by atoms with Crippen molar-refractivity contribution in [1.82, 2.24) is 14.9 Å². The van der Waals surface area contributed by atoms with E-state index in [-0.39, 0.29) is 5.91 Å². The normalized spacial score (nSPS) is 17.2. The summed E-state index contributed by atoms with van der Waals surface area (Å²) in [5, 5.41) is 0. The average Bonchev–Trinajstić information content (AvgIpc) is 2.90. The van der Waals surface area contributed by atoms with Crippen molar-refractivity contribution in [1.29, 1.82) is 0 Å². The minimum atomic E-state index is 0.110. The summed E-state index contributed by atoms with van der Waals surface area (Å²) in [6.07, 6.45) is 1.58. The minimum absolute atomic E-state index is 0.110. The number of ether oxygens (including phenoxy) is 1. The van der Waals surface area contributed by atoms with Crippen molar-refractivity contribution >= 4 is 11.9 Å². The van der Waals surface area contributed by atoms with Crippen molar-refractivity contribution in [3.63, 3.8) is 0 Å². The number of rotatable bonds is 2. The van der Waals surface area contributed by atoms with Crippen LogP contribution in [0.15, 0.2) is 18.2 Å². The summed E-state index contributed by atoms with van der Waals surface area (Å²) in [5.74, 6) is 0.909. The number of hydrogen-bond donors (Lipinski definition) is 0. The second-order valence-electron chi connectivity index (χ2n) is 7.80. The molecular formula is C22H28N4O2. The number of hydrogen-bond acceptors (Lipinski definition) is 5. The first kappa shape index (κ1) is 18.9. The molecule has 0 aliphatic carbocycles. The van der Waals surface area contributed by atoms with Gasteiger partial charge in [-0.15, -0.1) is 0 Å². The van der Waals surface area contributed by atoms with Gasteiger partial charge in [-0.2, -0.15) is 0 Å². The van der Waals surface area contributed by atoms with Crippen LogP contribution in [0.1, 0.15) is 38.4 Å². The third-order valence-corrected chi connectivity index (χ3v) is 5.59. The van der Waals surface area contributed by atoms with E-state index >= 15 is 0 Å². The number of carbonyl (C=O) groups excluding carboxylic acids is 1. The van der Waals surface area contributed by atoms with Crippen molar-refractivity contribution in [3.05, 3.63) is 51.8 Å². The van der Waals surface area contributed by atoms with Crippen LogP contribution < -0.4 is 4.90 Å². The SMILES string of the molecule is Cc1cc(C)cc(C(=O)N2CCc3nc(N4CCOCC4)nc(C)c3CC2)c1. The molecule has 4 rings (SSSR count). The molecule has 28 heavy (non-hydrogen) atoms. The number of morpholine rings is 1. The van der Waals surface area contributed by atoms with E-state index < -0.39 is 0 Å². The van der Waals surface area contributed by atoms with Crippen molar-refractivity contribution < 1.29 is 9.53 Å². The Balaban J connectivity index is 1.54. The number of fused-ring (bicyclic) bond motifs is 1. The third-order valence-electron chi connectivity index (χ3n) is 5.59. The smallest absolute Gasteiger partial charge is 0.253 e. The van der Waals surface area contributed by atoms with Gasteiger partial charge in [0.25, 0.3) is 5.91 Å². The van der Waals surface area contributed by atoms with Gasteiger partial charge in [0.05, 0.1) is 18.9 Å². The largest absolute Gasteiger partial charge is 0.378 e. The summed E-state index contributed by atoms with van der Waals surface area (Å²) in [7, 11) is 0. The van der Waals surface area contributed by atoms with E-state index in [0.29, 0.717) is 13.1 Å². The molecule has 0 radical (unpaired) electrons. The zero-order valence-electron chi connectivity index (χ0n) is 17.0. The molecule has 1 saturated heterocycles. The Morgan fingerprint density at radius 2 is 1.61 bits per heavy atom. The van der Waals surface area contributed by atoms with Gasteiger partial charge in [-0.05, 0) is 44.9 Å². The molecule has 0 saturated carbocycles. The maximum atomic E-state index is 13.1. The fourth-order valence-electron chi connectivity index (χ4n) is 4.16. The topological polar surface area (TPSA) is 58.6 Å². The molecule has 1 fully saturated rings. The Labute approximate surface area is 166 Å². The van der Waals surface area contributed by atoms with Crippen molar-refractivity contribution in [2.24, 2.45) is 0 Å². The van der Waals surface area contributed by atoms with Crippen LogP contribution in [-0.2, 0) is 17.6 Å². The highest BCUT2D eigenvalue weighted by atomic mass is 16.5. The van der Waals surface area contributed by atoms with Gasteiger partial charge >= 0.3 is 0 Å². The predicted octanol–water partition coefficient (Wildman–Crippen LogP) is 2.48. The molecule has 0 unspecified atom stereocenters. The van der Waals surface area contributed by atoms with Crippen molar-refractivity contribution in [3.8, 4) is 0 Å². The lowest BCUT2D eigenvalue weighted by Gasteiger charge is -2.27. The maximum Gasteiger partial charge on any atom is 0.253 e. The van der Waals surface area contributed by atoms with Gasteiger partial charge in [-0.3, -0.25) is 4.79 Å². The first-order chi connectivity index (χ1) is 13.5. The van der Waals surface area contributed by atoms with Gasteiger partial charge in [0, 0.05) is 43.9 Å². The van der Waals surface area contributed by atoms with Gasteiger partial charge in [-0.1, -0.05) is 17.2 Å². The molecule has 1 aromatic carbocycles. The highest BCUT2D eigenvalue weighted by Gasteiger charge is 2.24. The highest BCUT2D eigenvalue weighted by molar-refractivity contribution is 5.94. The van der Waals surface area contributed by atoms with Crippen molar-refractivity contribution in [2.75, 3.05) is 44.3 Å². The lowest BCUT2D eigenvalue weighted by molar-refractivity contribution is 0.0762. The first-order valence-electron chi connectivity index (χ1n) is 10.1. The van der Waals surface area contributed by atoms with E-state index in [1.54, 1.807) is 0 Å². The third kappa shape index (κ3) is 3.87. The number of aryl methyl sites for hydroxylation is 3. The molecule has 1 aromatic heterocycles. The number of amides is 1. The second-order valence-corrected chi connectivity index (χ2v) is 7.80. The standard InChI is InChI=1S/C22H28N4O2/c1-15-12-16(2)14-18(13-15)21(27)25-6-4-19-17(3)23-22(24-20(19)5-7-25)26-8-10-28-11-9-26/h12-14H,4-11H2,1-3H3. The first-order valence-corrected chi connectivity index (χ1v) is 10.1. The predicted molar refractivity (Wildman–Crippen MR) is 109 cm³/mol. The van der Waals surface area contributed by atoms with Gasteiger partial charge < -0.3 is 14.5 Å². The number of nitrogens with zero attached hydrogens (tertiary/aromatic N) is 4. The molecule has 6 heteroatoms. The van der Waals surface area contributed by atoms with Gasteiger partial charge in [-0.25, -0.2) is 9.97 Å². The van der Waals surface area contributed by atoms with Crippen LogP contribution in [0.2, 0.25) is 0 Å². The Morgan fingerprint density at radius 3 is 2.32 bits per heavy atom. The molecule has 2 aromatic rings. The van der Waals surface area contributed by atoms with E-state index in [2.05, 4.69) is 17.9 Å². The molecule has 148 valence electrons. The summed E-state index contributed by atoms with van der Waals surface area (Å²) < 4.78 is 5.44. The minimum Gasteiger partial charge on any atom is -0.378 e. The molecule has 0 bridgehead atoms. The average molecular weight is 380 g/mol. The van der Waals surface area contributed by atoms with Gasteiger partial charge in [0.1, 0.15) is 0 Å². The zero-order valence-corrected chi connectivity index (χ0v) is 17.0. The Bertz CT molecular complexity index is 870. The van der Waals surface area contributed by atoms with E-state index in [1.165, 1.54) is 5.56 Å². The molecule has 0 spiro atoms. The summed E-state index contributed by atoms with van der Waals surface area (Å²) in [6.45, 7) is 10.6. The number of benzene rings is 1. The fraction of sp³-hybridized carbons (Fsp3) is 0.500. The fourth-order valence-corrected chi connectivity index (χ4v) is 4.16. The lowest BCUT2D eigenvalue weighted by Crippen LogP contribution is -2.37. The Hall–Kier alpha value is -2.47. The zero-order chi connectivity index (χ0) is 19.7. The Kier molecular flexibility index (Phi) is 5.31. The van der Waals surface area contributed by atoms with Crippen LogP contribution in [0.25, 0.3) is 0 Å². The molecule has 2 aliphatic rings. The lowest BCUT2D eigenvalue weighted by atomic mass is 10.1. The van der Waals surface area contributed by atoms with Crippen LogP contribution >= 0.6 is 0 Å². The van der Waals surface area contributed by atoms with E-state index in [9.17, 15) is 4.79 Å². The van der Waals surface area contributed by atoms with E-state index in [0.717, 1.165) is 73.2 Å². The maximum absolute atomic E-state index is 13.1. The quantitative estimate of drug-likeness (QED) is 0.801. The van der Waals surface area contributed by atoms with Crippen LogP contribution in [0.4, 0.5) is 5.95 Å². The van der Waals surface area contributed by atoms with Crippen LogP contribution in [0, 0.1) is 20.8 Å². The summed E-state index contributed by atoms with van der Waals surface area (Å²) in [6, 6.07) is 6.06. The van der Waals surface area contributed by atoms with Gasteiger partial charge in [0.2, 0.25) is 5.95 Å². The number of anilines is 1. The van der Waals surface area contributed by atoms with Crippen LogP contribution in [0.5, 0.6) is 0 Å². The summed E-state index contributed by atoms with van der Waals surface area (Å²) in [4.78, 5) is 26.9. The van der Waals surface area contributed by atoms with Gasteiger partial charge in [0.15, 0.2) is 0 Å². The van der Waals surface area contributed by atoms with Crippen LogP contribution in [-0.4, -0.2) is 60.2 Å². The number of carbonyl (C=O) groups is 1. The van der Waals surface area contributed by atoms with E-state index in [1.807, 2.05) is 30.9 Å². The second kappa shape index (κ2) is 7.87. The molecule has 6 nitrogen and oxygen atoms in total. The summed E-state index contributed by atoms with van der Waals surface area (Å²) >= 11 is 0. The molecule has 0 atom stereocenters. The molecule has 3 heterocycles. The molecule has 1 amide bonds. The molecule has 0 N–H and O–H groups in total. The summed E-state index contributed by atoms with van der Waals surface area (Å²) in [5.41, 5.74) is 6.35. The van der Waals surface area contributed by atoms with E-state index in [4.69, 9.17) is 14.7 Å². The van der Waals surface area contributed by atoms with Crippen molar-refractivity contribution in [2.45, 2.75) is 33.6 Å². The van der Waals surface area contributed by atoms with Crippen LogP contribution in [0.3, 0.4) is 0 Å². The molecule has 2 aliphatic heterocycles. The molecular weight excluding hydrogens is 352 g/mol. The number of aromatic nitrogens is 2. The highest BCUT2D eigenvalue weighted by Crippen LogP contribution is 2.22. The Morgan fingerprint density at radius 1 is 0.929 bits per heavy atom. The monoisotopic (exact) mass is 380 g/mol.